The van der Waals surface area contributed by atoms with Gasteiger partial charge in [0.15, 0.2) is 0 Å². The molecule has 0 atom stereocenters. The van der Waals surface area contributed by atoms with E-state index in [9.17, 15) is 9.59 Å². The van der Waals surface area contributed by atoms with E-state index in [0.29, 0.717) is 25.2 Å². The Morgan fingerprint density at radius 1 is 1.42 bits per heavy atom. The van der Waals surface area contributed by atoms with E-state index in [2.05, 4.69) is 11.9 Å². The Morgan fingerprint density at radius 2 is 2.16 bits per heavy atom. The van der Waals surface area contributed by atoms with Crippen molar-refractivity contribution in [1.29, 1.82) is 0 Å². The monoisotopic (exact) mass is 260 g/mol. The number of nitrogens with zero attached hydrogens (tertiary/aromatic N) is 1. The molecule has 1 rings (SSSR count). The fourth-order valence-corrected chi connectivity index (χ4v) is 1.73. The van der Waals surface area contributed by atoms with Gasteiger partial charge in [0.2, 0.25) is 5.91 Å². The zero-order valence-electron chi connectivity index (χ0n) is 11.5. The molecule has 0 radical (unpaired) electrons. The van der Waals surface area contributed by atoms with Gasteiger partial charge in [-0.05, 0) is 19.1 Å². The van der Waals surface area contributed by atoms with Crippen molar-refractivity contribution in [2.24, 2.45) is 0 Å². The molecule has 0 aliphatic heterocycles. The van der Waals surface area contributed by atoms with E-state index in [1.54, 1.807) is 17.0 Å². The largest absolute Gasteiger partial charge is 0.350 e. The van der Waals surface area contributed by atoms with Crippen LogP contribution in [0.2, 0.25) is 0 Å². The lowest BCUT2D eigenvalue weighted by Crippen LogP contribution is -2.37. The maximum Gasteiger partial charge on any atom is 0.251 e. The number of hydrogen-bond donors (Lipinski definition) is 1. The second-order valence-electron chi connectivity index (χ2n) is 4.38. The molecule has 0 aliphatic rings. The maximum atomic E-state index is 11.9. The van der Waals surface area contributed by atoms with Crippen LogP contribution in [0.25, 0.3) is 0 Å². The molecule has 1 aromatic carbocycles. The summed E-state index contributed by atoms with van der Waals surface area (Å²) >= 11 is 0. The minimum Gasteiger partial charge on any atom is -0.350 e. The van der Waals surface area contributed by atoms with Crippen molar-refractivity contribution in [1.82, 2.24) is 10.2 Å². The van der Waals surface area contributed by atoms with Gasteiger partial charge in [0.05, 0.1) is 0 Å². The predicted octanol–water partition coefficient (Wildman–Crippen LogP) is 1.76. The van der Waals surface area contributed by atoms with Gasteiger partial charge in [0, 0.05) is 32.1 Å². The van der Waals surface area contributed by atoms with Crippen LogP contribution in [-0.2, 0) is 4.79 Å². The number of amides is 2. The highest BCUT2D eigenvalue weighted by Gasteiger charge is 2.08. The Bertz CT molecular complexity index is 469. The van der Waals surface area contributed by atoms with Gasteiger partial charge in [-0.25, -0.2) is 0 Å². The molecule has 0 heterocycles. The van der Waals surface area contributed by atoms with Gasteiger partial charge >= 0.3 is 0 Å². The summed E-state index contributed by atoms with van der Waals surface area (Å²) < 4.78 is 0. The molecule has 0 bridgehead atoms. The molecule has 19 heavy (non-hydrogen) atoms. The highest BCUT2D eigenvalue weighted by Crippen LogP contribution is 2.03. The van der Waals surface area contributed by atoms with Gasteiger partial charge in [-0.1, -0.05) is 23.8 Å². The molecule has 102 valence electrons. The highest BCUT2D eigenvalue weighted by atomic mass is 16.2. The van der Waals surface area contributed by atoms with Gasteiger partial charge < -0.3 is 10.2 Å². The lowest BCUT2D eigenvalue weighted by atomic mass is 10.1. The Kier molecular flexibility index (Phi) is 5.79. The number of hydrogen-bond acceptors (Lipinski definition) is 2. The molecule has 4 heteroatoms. The summed E-state index contributed by atoms with van der Waals surface area (Å²) in [5, 5.41) is 2.80. The van der Waals surface area contributed by atoms with Gasteiger partial charge in [0.1, 0.15) is 0 Å². The second kappa shape index (κ2) is 7.36. The van der Waals surface area contributed by atoms with Crippen molar-refractivity contribution >= 4 is 11.8 Å². The third-order valence-electron chi connectivity index (χ3n) is 2.74. The number of carbonyl (C=O) groups is 2. The van der Waals surface area contributed by atoms with E-state index in [-0.39, 0.29) is 11.8 Å². The van der Waals surface area contributed by atoms with Crippen LogP contribution in [0.3, 0.4) is 0 Å². The first kappa shape index (κ1) is 15.0. The van der Waals surface area contributed by atoms with Crippen LogP contribution in [0, 0.1) is 6.92 Å². The molecular weight excluding hydrogens is 240 g/mol. The van der Waals surface area contributed by atoms with Gasteiger partial charge in [-0.3, -0.25) is 9.59 Å². The molecule has 1 aromatic rings. The molecule has 0 unspecified atom stereocenters. The van der Waals surface area contributed by atoms with E-state index < -0.39 is 0 Å². The minimum absolute atomic E-state index is 0.0234. The van der Waals surface area contributed by atoms with Crippen molar-refractivity contribution in [3.8, 4) is 0 Å². The molecule has 0 spiro atoms. The molecule has 0 aliphatic carbocycles. The third-order valence-corrected chi connectivity index (χ3v) is 2.74. The minimum atomic E-state index is -0.120. The second-order valence-corrected chi connectivity index (χ2v) is 4.38. The predicted molar refractivity (Wildman–Crippen MR) is 76.0 cm³/mol. The van der Waals surface area contributed by atoms with Crippen molar-refractivity contribution in [3.63, 3.8) is 0 Å². The first-order chi connectivity index (χ1) is 9.04. The summed E-state index contributed by atoms with van der Waals surface area (Å²) in [6.07, 6.45) is 1.67. The highest BCUT2D eigenvalue weighted by molar-refractivity contribution is 5.94. The number of rotatable bonds is 6. The zero-order chi connectivity index (χ0) is 14.3. The fourth-order valence-electron chi connectivity index (χ4n) is 1.73. The van der Waals surface area contributed by atoms with Crippen molar-refractivity contribution in [2.45, 2.75) is 13.8 Å². The summed E-state index contributed by atoms with van der Waals surface area (Å²) in [7, 11) is 0. The SMILES string of the molecule is C=CCN(CCNC(=O)c1cccc(C)c1)C(C)=O. The molecule has 2 amide bonds. The van der Waals surface area contributed by atoms with Crippen molar-refractivity contribution < 1.29 is 9.59 Å². The Balaban J connectivity index is 2.46. The first-order valence-electron chi connectivity index (χ1n) is 6.26. The van der Waals surface area contributed by atoms with Crippen LogP contribution in [0.4, 0.5) is 0 Å². The molecule has 1 N–H and O–H groups in total. The summed E-state index contributed by atoms with van der Waals surface area (Å²) in [6.45, 7) is 8.46. The zero-order valence-corrected chi connectivity index (χ0v) is 11.5. The Morgan fingerprint density at radius 3 is 2.74 bits per heavy atom. The van der Waals surface area contributed by atoms with Crippen LogP contribution in [0.15, 0.2) is 36.9 Å². The summed E-state index contributed by atoms with van der Waals surface area (Å²) in [6, 6.07) is 7.40. The van der Waals surface area contributed by atoms with Gasteiger partial charge in [-0.15, -0.1) is 6.58 Å². The number of carbonyl (C=O) groups excluding carboxylic acids is 2. The molecule has 0 fully saturated rings. The summed E-state index contributed by atoms with van der Waals surface area (Å²) in [4.78, 5) is 24.8. The Labute approximate surface area is 114 Å². The van der Waals surface area contributed by atoms with E-state index >= 15 is 0 Å². The molecule has 0 saturated carbocycles. The van der Waals surface area contributed by atoms with Crippen LogP contribution in [0.5, 0.6) is 0 Å². The quantitative estimate of drug-likeness (QED) is 0.792. The van der Waals surface area contributed by atoms with Crippen LogP contribution in [-0.4, -0.2) is 36.3 Å². The van der Waals surface area contributed by atoms with E-state index in [0.717, 1.165) is 5.56 Å². The summed E-state index contributed by atoms with van der Waals surface area (Å²) in [5.41, 5.74) is 1.68. The topological polar surface area (TPSA) is 49.4 Å². The smallest absolute Gasteiger partial charge is 0.251 e. The van der Waals surface area contributed by atoms with E-state index in [1.807, 2.05) is 25.1 Å². The lowest BCUT2D eigenvalue weighted by molar-refractivity contribution is -0.128. The van der Waals surface area contributed by atoms with E-state index in [4.69, 9.17) is 0 Å². The van der Waals surface area contributed by atoms with E-state index in [1.165, 1.54) is 6.92 Å². The molecular formula is C15H20N2O2. The van der Waals surface area contributed by atoms with Crippen molar-refractivity contribution in [3.05, 3.63) is 48.0 Å². The van der Waals surface area contributed by atoms with Crippen molar-refractivity contribution in [2.75, 3.05) is 19.6 Å². The maximum absolute atomic E-state index is 11.9. The van der Waals surface area contributed by atoms with Gasteiger partial charge in [0.25, 0.3) is 5.91 Å². The standard InChI is InChI=1S/C15H20N2O2/c1-4-9-17(13(3)18)10-8-16-15(19)14-7-5-6-12(2)11-14/h4-7,11H,1,8-10H2,2-3H3,(H,16,19). The molecule has 0 saturated heterocycles. The average Bonchev–Trinajstić information content (AvgIpc) is 2.37. The van der Waals surface area contributed by atoms with Crippen LogP contribution >= 0.6 is 0 Å². The third kappa shape index (κ3) is 4.95. The Hall–Kier alpha value is -2.10. The lowest BCUT2D eigenvalue weighted by Gasteiger charge is -2.19. The van der Waals surface area contributed by atoms with Crippen LogP contribution < -0.4 is 5.32 Å². The normalized spacial score (nSPS) is 9.79. The average molecular weight is 260 g/mol. The molecule has 4 nitrogen and oxygen atoms in total. The first-order valence-corrected chi connectivity index (χ1v) is 6.26. The fraction of sp³-hybridized carbons (Fsp3) is 0.333. The summed E-state index contributed by atoms with van der Waals surface area (Å²) in [5.74, 6) is -0.143. The number of aryl methyl sites for hydroxylation is 1. The number of benzene rings is 1. The number of nitrogens with one attached hydrogen (secondary N) is 1. The molecule has 0 aromatic heterocycles. The van der Waals surface area contributed by atoms with Crippen LogP contribution in [0.1, 0.15) is 22.8 Å². The van der Waals surface area contributed by atoms with Gasteiger partial charge in [-0.2, -0.15) is 0 Å².